The van der Waals surface area contributed by atoms with Gasteiger partial charge in [-0.05, 0) is 36.2 Å². The van der Waals surface area contributed by atoms with E-state index in [1.807, 2.05) is 24.3 Å². The van der Waals surface area contributed by atoms with Crippen LogP contribution in [0.3, 0.4) is 0 Å². The monoisotopic (exact) mass is 369 g/mol. The van der Waals surface area contributed by atoms with E-state index in [9.17, 15) is 14.4 Å². The van der Waals surface area contributed by atoms with Gasteiger partial charge in [0.05, 0.1) is 7.11 Å². The Morgan fingerprint density at radius 3 is 2.33 bits per heavy atom. The maximum absolute atomic E-state index is 12.0. The topological polar surface area (TPSA) is 96.5 Å². The highest BCUT2D eigenvalue weighted by Gasteiger charge is 2.10. The van der Waals surface area contributed by atoms with Gasteiger partial charge >= 0.3 is 0 Å². The van der Waals surface area contributed by atoms with Crippen LogP contribution in [-0.2, 0) is 20.8 Å². The van der Waals surface area contributed by atoms with Crippen LogP contribution in [0.4, 0.5) is 11.4 Å². The Balaban J connectivity index is 1.78. The number of carbonyl (C=O) groups is 3. The maximum atomic E-state index is 12.0. The molecule has 0 unspecified atom stereocenters. The van der Waals surface area contributed by atoms with Crippen LogP contribution in [0.1, 0.15) is 18.9 Å². The van der Waals surface area contributed by atoms with E-state index in [4.69, 9.17) is 4.74 Å². The van der Waals surface area contributed by atoms with Crippen LogP contribution >= 0.6 is 0 Å². The highest BCUT2D eigenvalue weighted by atomic mass is 16.5. The van der Waals surface area contributed by atoms with E-state index in [2.05, 4.69) is 16.0 Å². The summed E-state index contributed by atoms with van der Waals surface area (Å²) in [7, 11) is 1.60. The predicted molar refractivity (Wildman–Crippen MR) is 104 cm³/mol. The number of nitrogens with one attached hydrogen (secondary N) is 3. The number of anilines is 2. The van der Waals surface area contributed by atoms with Crippen LogP contribution in [0.15, 0.2) is 48.5 Å². The molecule has 0 atom stereocenters. The Morgan fingerprint density at radius 2 is 1.63 bits per heavy atom. The van der Waals surface area contributed by atoms with E-state index in [1.165, 1.54) is 6.92 Å². The lowest BCUT2D eigenvalue weighted by Crippen LogP contribution is -2.29. The zero-order valence-electron chi connectivity index (χ0n) is 15.4. The van der Waals surface area contributed by atoms with Gasteiger partial charge in [-0.15, -0.1) is 0 Å². The second kappa shape index (κ2) is 9.96. The van der Waals surface area contributed by atoms with Crippen molar-refractivity contribution in [1.29, 1.82) is 0 Å². The van der Waals surface area contributed by atoms with E-state index in [-0.39, 0.29) is 18.2 Å². The van der Waals surface area contributed by atoms with Crippen molar-refractivity contribution < 1.29 is 19.1 Å². The Bertz CT molecular complexity index is 820. The second-order valence-corrected chi connectivity index (χ2v) is 5.90. The number of ether oxygens (including phenoxy) is 1. The van der Waals surface area contributed by atoms with Crippen LogP contribution in [0.5, 0.6) is 5.75 Å². The van der Waals surface area contributed by atoms with Crippen LogP contribution in [0.2, 0.25) is 0 Å². The molecule has 3 N–H and O–H groups in total. The zero-order valence-corrected chi connectivity index (χ0v) is 15.4. The first kappa shape index (κ1) is 20.0. The van der Waals surface area contributed by atoms with E-state index >= 15 is 0 Å². The fraction of sp³-hybridized carbons (Fsp3) is 0.250. The summed E-state index contributed by atoms with van der Waals surface area (Å²) in [5.74, 6) is -0.221. The molecule has 27 heavy (non-hydrogen) atoms. The zero-order chi connectivity index (χ0) is 19.6. The summed E-state index contributed by atoms with van der Waals surface area (Å²) in [5.41, 5.74) is 2.06. The van der Waals surface area contributed by atoms with Crippen LogP contribution in [-0.4, -0.2) is 31.4 Å². The van der Waals surface area contributed by atoms with Crippen molar-refractivity contribution in [3.8, 4) is 5.75 Å². The van der Waals surface area contributed by atoms with E-state index in [0.717, 1.165) is 11.3 Å². The normalized spacial score (nSPS) is 10.0. The lowest BCUT2D eigenvalue weighted by Gasteiger charge is -2.10. The molecule has 7 heteroatoms. The van der Waals surface area contributed by atoms with Gasteiger partial charge in [0.25, 0.3) is 0 Å². The molecule has 0 bridgehead atoms. The summed E-state index contributed by atoms with van der Waals surface area (Å²) in [6.45, 7) is 1.81. The van der Waals surface area contributed by atoms with Gasteiger partial charge in [-0.3, -0.25) is 14.4 Å². The first-order valence-electron chi connectivity index (χ1n) is 8.54. The minimum Gasteiger partial charge on any atom is -0.496 e. The highest BCUT2D eigenvalue weighted by Crippen LogP contribution is 2.17. The van der Waals surface area contributed by atoms with Gasteiger partial charge in [-0.1, -0.05) is 24.3 Å². The Hall–Kier alpha value is -3.35. The first-order valence-corrected chi connectivity index (χ1v) is 8.54. The number of hydrogen-bond donors (Lipinski definition) is 3. The van der Waals surface area contributed by atoms with Crippen molar-refractivity contribution in [3.63, 3.8) is 0 Å². The summed E-state index contributed by atoms with van der Waals surface area (Å²) in [6.07, 6.45) is 0.326. The third-order valence-corrected chi connectivity index (χ3v) is 3.70. The SMILES string of the molecule is COc1ccccc1CCNC(=O)CC(=O)Nc1cccc(NC(C)=O)c1. The molecule has 0 heterocycles. The molecule has 0 aliphatic rings. The van der Waals surface area contributed by atoms with Crippen molar-refractivity contribution in [2.75, 3.05) is 24.3 Å². The van der Waals surface area contributed by atoms with Crippen LogP contribution < -0.4 is 20.7 Å². The largest absolute Gasteiger partial charge is 0.496 e. The number of methoxy groups -OCH3 is 1. The number of rotatable bonds is 8. The number of hydrogen-bond acceptors (Lipinski definition) is 4. The number of carbonyl (C=O) groups excluding carboxylic acids is 3. The molecule has 0 fully saturated rings. The Morgan fingerprint density at radius 1 is 0.926 bits per heavy atom. The molecule has 2 aromatic rings. The smallest absolute Gasteiger partial charge is 0.233 e. The summed E-state index contributed by atoms with van der Waals surface area (Å²) in [4.78, 5) is 35.0. The van der Waals surface area contributed by atoms with E-state index in [0.29, 0.717) is 24.3 Å². The fourth-order valence-electron chi connectivity index (χ4n) is 2.54. The molecule has 0 aliphatic carbocycles. The third-order valence-electron chi connectivity index (χ3n) is 3.70. The molecule has 0 radical (unpaired) electrons. The maximum Gasteiger partial charge on any atom is 0.233 e. The van der Waals surface area contributed by atoms with Gasteiger partial charge in [0, 0.05) is 24.8 Å². The van der Waals surface area contributed by atoms with Crippen molar-refractivity contribution in [1.82, 2.24) is 5.32 Å². The standard InChI is InChI=1S/C20H23N3O4/c1-14(24)22-16-7-5-8-17(12-16)23-20(26)13-19(25)21-11-10-15-6-3-4-9-18(15)27-2/h3-9,12H,10-11,13H2,1-2H3,(H,21,25)(H,22,24)(H,23,26). The average Bonchev–Trinajstić information content (AvgIpc) is 2.61. The molecule has 7 nitrogen and oxygen atoms in total. The molecular weight excluding hydrogens is 346 g/mol. The Kier molecular flexibility index (Phi) is 7.37. The summed E-state index contributed by atoms with van der Waals surface area (Å²) < 4.78 is 5.26. The van der Waals surface area contributed by atoms with Crippen LogP contribution in [0.25, 0.3) is 0 Å². The fourth-order valence-corrected chi connectivity index (χ4v) is 2.54. The van der Waals surface area contributed by atoms with Gasteiger partial charge < -0.3 is 20.7 Å². The van der Waals surface area contributed by atoms with Crippen molar-refractivity contribution >= 4 is 29.1 Å². The van der Waals surface area contributed by atoms with Gasteiger partial charge in [0.2, 0.25) is 17.7 Å². The second-order valence-electron chi connectivity index (χ2n) is 5.90. The van der Waals surface area contributed by atoms with Crippen molar-refractivity contribution in [2.45, 2.75) is 19.8 Å². The van der Waals surface area contributed by atoms with Gasteiger partial charge in [-0.2, -0.15) is 0 Å². The molecule has 2 rings (SSSR count). The minimum absolute atomic E-state index is 0.201. The van der Waals surface area contributed by atoms with Gasteiger partial charge in [0.1, 0.15) is 12.2 Å². The predicted octanol–water partition coefficient (Wildman–Crippen LogP) is 2.34. The molecule has 0 aromatic heterocycles. The van der Waals surface area contributed by atoms with Gasteiger partial charge in [-0.25, -0.2) is 0 Å². The molecule has 142 valence electrons. The number of amides is 3. The molecule has 0 spiro atoms. The average molecular weight is 369 g/mol. The molecule has 3 amide bonds. The summed E-state index contributed by atoms with van der Waals surface area (Å²) >= 11 is 0. The molecule has 0 saturated carbocycles. The number of benzene rings is 2. The molecular formula is C20H23N3O4. The van der Waals surface area contributed by atoms with Crippen LogP contribution in [0, 0.1) is 0 Å². The van der Waals surface area contributed by atoms with Crippen molar-refractivity contribution in [2.24, 2.45) is 0 Å². The van der Waals surface area contributed by atoms with E-state index in [1.54, 1.807) is 31.4 Å². The molecule has 0 saturated heterocycles. The summed E-state index contributed by atoms with van der Waals surface area (Å²) in [5, 5.41) is 8.00. The van der Waals surface area contributed by atoms with E-state index < -0.39 is 5.91 Å². The molecule has 0 aliphatic heterocycles. The lowest BCUT2D eigenvalue weighted by atomic mass is 10.1. The quantitative estimate of drug-likeness (QED) is 0.622. The summed E-state index contributed by atoms with van der Waals surface area (Å²) in [6, 6.07) is 14.3. The minimum atomic E-state index is -0.426. The van der Waals surface area contributed by atoms with Crippen molar-refractivity contribution in [3.05, 3.63) is 54.1 Å². The molecule has 2 aromatic carbocycles. The highest BCUT2D eigenvalue weighted by molar-refractivity contribution is 6.03. The van der Waals surface area contributed by atoms with Gasteiger partial charge in [0.15, 0.2) is 0 Å². The number of para-hydroxylation sites is 1. The first-order chi connectivity index (χ1) is 13.0. The third kappa shape index (κ3) is 6.81. The Labute approximate surface area is 158 Å². The lowest BCUT2D eigenvalue weighted by molar-refractivity contribution is -0.126.